The van der Waals surface area contributed by atoms with Crippen LogP contribution in [0.5, 0.6) is 0 Å². The lowest BCUT2D eigenvalue weighted by atomic mass is 10.0. The number of allylic oxidation sites excluding steroid dienone is 1. The van der Waals surface area contributed by atoms with Crippen LogP contribution in [0.15, 0.2) is 59.8 Å². The molecule has 13 heteroatoms. The zero-order chi connectivity index (χ0) is 27.5. The highest BCUT2D eigenvalue weighted by Crippen LogP contribution is 2.35. The molecule has 196 valence electrons. The summed E-state index contributed by atoms with van der Waals surface area (Å²) in [4.78, 5) is 13.3. The van der Waals surface area contributed by atoms with Crippen molar-refractivity contribution >= 4 is 21.9 Å². The molecule has 0 amide bonds. The quantitative estimate of drug-likeness (QED) is 0.159. The molecule has 37 heavy (non-hydrogen) atoms. The molecule has 0 bridgehead atoms. The van der Waals surface area contributed by atoms with E-state index in [9.17, 15) is 43.9 Å². The number of carbonyl (C=O) groups is 1. The molecule has 1 heterocycles. The highest BCUT2D eigenvalue weighted by atomic mass is 32.2. The van der Waals surface area contributed by atoms with Gasteiger partial charge in [0.25, 0.3) is 0 Å². The Morgan fingerprint density at radius 3 is 2.30 bits per heavy atom. The van der Waals surface area contributed by atoms with E-state index in [1.165, 1.54) is 37.5 Å². The normalized spacial score (nSPS) is 12.5. The molecule has 5 nitrogen and oxygen atoms in total. The Labute approximate surface area is 206 Å². The first-order valence-corrected chi connectivity index (χ1v) is 11.8. The van der Waals surface area contributed by atoms with Crippen molar-refractivity contribution in [3.05, 3.63) is 100 Å². The highest BCUT2D eigenvalue weighted by Gasteiger charge is 2.37. The van der Waals surface area contributed by atoms with Crippen LogP contribution in [-0.4, -0.2) is 23.5 Å². The summed E-state index contributed by atoms with van der Waals surface area (Å²) in [5, 5.41) is 0. The van der Waals surface area contributed by atoms with Crippen LogP contribution in [0.3, 0.4) is 0 Å². The third-order valence-electron chi connectivity index (χ3n) is 5.07. The molecule has 0 spiro atoms. The van der Waals surface area contributed by atoms with E-state index in [1.807, 2.05) is 0 Å². The van der Waals surface area contributed by atoms with Gasteiger partial charge in [-0.25, -0.2) is 26.0 Å². The first-order chi connectivity index (χ1) is 17.2. The van der Waals surface area contributed by atoms with Crippen molar-refractivity contribution in [1.29, 1.82) is 0 Å². The van der Waals surface area contributed by atoms with Crippen molar-refractivity contribution in [3.8, 4) is 0 Å². The van der Waals surface area contributed by atoms with Gasteiger partial charge in [-0.15, -0.1) is 0 Å². The Balaban J connectivity index is 2.16. The molecule has 0 aliphatic carbocycles. The second-order valence-electron chi connectivity index (χ2n) is 7.79. The van der Waals surface area contributed by atoms with Gasteiger partial charge in [0.05, 0.1) is 5.56 Å². The van der Waals surface area contributed by atoms with Crippen LogP contribution in [-0.2, 0) is 34.1 Å². The lowest BCUT2D eigenvalue weighted by Crippen LogP contribution is -2.32. The van der Waals surface area contributed by atoms with Crippen LogP contribution in [0.2, 0.25) is 0 Å². The molecule has 0 fully saturated rings. The number of benzene rings is 2. The van der Waals surface area contributed by atoms with E-state index in [4.69, 9.17) is 0 Å². The van der Waals surface area contributed by atoms with E-state index in [0.29, 0.717) is 10.4 Å². The van der Waals surface area contributed by atoms with Crippen LogP contribution in [0.25, 0.3) is 6.08 Å². The number of alkyl halides is 3. The number of nitrogens with zero attached hydrogens (tertiary/aromatic N) is 2. The van der Waals surface area contributed by atoms with E-state index >= 15 is 0 Å². The van der Waals surface area contributed by atoms with Crippen molar-refractivity contribution in [2.75, 3.05) is 0 Å². The molecule has 0 N–H and O–H groups in total. The number of hydrogen-bond donors (Lipinski definition) is 0. The smallest absolute Gasteiger partial charge is 0.295 e. The van der Waals surface area contributed by atoms with Crippen LogP contribution in [0.1, 0.15) is 29.2 Å². The largest absolute Gasteiger partial charge is 0.416 e. The van der Waals surface area contributed by atoms with Gasteiger partial charge >= 0.3 is 6.18 Å². The summed E-state index contributed by atoms with van der Waals surface area (Å²) < 4.78 is 124. The van der Waals surface area contributed by atoms with Gasteiger partial charge < -0.3 is 0 Å². The summed E-state index contributed by atoms with van der Waals surface area (Å²) in [7, 11) is -5.23. The average Bonchev–Trinajstić information content (AvgIpc) is 2.83. The predicted molar refractivity (Wildman–Crippen MR) is 118 cm³/mol. The number of ketones is 1. The molecule has 3 rings (SSSR count). The van der Waals surface area contributed by atoms with E-state index in [-0.39, 0.29) is 17.2 Å². The topological polar surface area (TPSA) is 67.3 Å². The molecule has 0 radical (unpaired) electrons. The lowest BCUT2D eigenvalue weighted by molar-refractivity contribution is -0.138. The fourth-order valence-electron chi connectivity index (χ4n) is 3.30. The minimum atomic E-state index is -5.23. The zero-order valence-corrected chi connectivity index (χ0v) is 19.7. The standard InChI is InChI=1S/C24H17F7N2O3S/c1-14(34)4-5-15-6-7-17(18(9-15)24(29,30)31)13-33(12-16-3-2-8-32-11-16)37(35,36)20-10-19(25)21(26)23(28)22(20)27/h2-11H,12-13H2,1H3/b5-4+. The Morgan fingerprint density at radius 2 is 1.70 bits per heavy atom. The Hall–Kier alpha value is -3.58. The lowest BCUT2D eigenvalue weighted by Gasteiger charge is -2.24. The Morgan fingerprint density at radius 1 is 1.00 bits per heavy atom. The number of aromatic nitrogens is 1. The zero-order valence-electron chi connectivity index (χ0n) is 18.9. The third kappa shape index (κ3) is 6.41. The van der Waals surface area contributed by atoms with E-state index in [2.05, 4.69) is 4.98 Å². The van der Waals surface area contributed by atoms with Gasteiger partial charge in [-0.1, -0.05) is 24.3 Å². The maximum absolute atomic E-state index is 14.4. The number of rotatable bonds is 8. The molecule has 0 unspecified atom stereocenters. The molecule has 1 aromatic heterocycles. The molecular weight excluding hydrogens is 529 g/mol. The molecule has 0 atom stereocenters. The molecule has 0 saturated carbocycles. The van der Waals surface area contributed by atoms with Crippen LogP contribution >= 0.6 is 0 Å². The summed E-state index contributed by atoms with van der Waals surface area (Å²) in [5.41, 5.74) is -1.70. The summed E-state index contributed by atoms with van der Waals surface area (Å²) in [6, 6.07) is 5.52. The van der Waals surface area contributed by atoms with E-state index in [1.54, 1.807) is 0 Å². The van der Waals surface area contributed by atoms with Crippen molar-refractivity contribution in [2.24, 2.45) is 0 Å². The number of hydrogen-bond acceptors (Lipinski definition) is 4. The van der Waals surface area contributed by atoms with Crippen LogP contribution in [0.4, 0.5) is 30.7 Å². The van der Waals surface area contributed by atoms with Gasteiger partial charge in [-0.2, -0.15) is 17.5 Å². The van der Waals surface area contributed by atoms with Gasteiger partial charge in [-0.3, -0.25) is 9.78 Å². The fraction of sp³-hybridized carbons (Fsp3) is 0.167. The summed E-state index contributed by atoms with van der Waals surface area (Å²) >= 11 is 0. The summed E-state index contributed by atoms with van der Waals surface area (Å²) in [6.07, 6.45) is -0.287. The van der Waals surface area contributed by atoms with Crippen molar-refractivity contribution < 1.29 is 43.9 Å². The van der Waals surface area contributed by atoms with E-state index < -0.39 is 74.4 Å². The van der Waals surface area contributed by atoms with Gasteiger partial charge in [0, 0.05) is 31.5 Å². The average molecular weight is 546 g/mol. The van der Waals surface area contributed by atoms with Crippen molar-refractivity contribution in [1.82, 2.24) is 9.29 Å². The second kappa shape index (κ2) is 10.8. The van der Waals surface area contributed by atoms with E-state index in [0.717, 1.165) is 18.2 Å². The number of halogens is 7. The highest BCUT2D eigenvalue weighted by molar-refractivity contribution is 7.89. The van der Waals surface area contributed by atoms with Gasteiger partial charge in [-0.05, 0) is 41.8 Å². The number of carbonyl (C=O) groups excluding carboxylic acids is 1. The number of sulfonamides is 1. The monoisotopic (exact) mass is 546 g/mol. The van der Waals surface area contributed by atoms with Gasteiger partial charge in [0.1, 0.15) is 4.90 Å². The maximum Gasteiger partial charge on any atom is 0.416 e. The first-order valence-electron chi connectivity index (χ1n) is 10.3. The minimum Gasteiger partial charge on any atom is -0.295 e. The summed E-state index contributed by atoms with van der Waals surface area (Å²) in [5.74, 6) is -9.29. The Kier molecular flexibility index (Phi) is 8.18. The number of pyridine rings is 1. The molecule has 0 aliphatic rings. The molecule has 2 aromatic carbocycles. The van der Waals surface area contributed by atoms with Gasteiger partial charge in [0.15, 0.2) is 29.1 Å². The SMILES string of the molecule is CC(=O)/C=C/c1ccc(CN(Cc2cccnc2)S(=O)(=O)c2cc(F)c(F)c(F)c2F)c(C(F)(F)F)c1. The minimum absolute atomic E-state index is 0.0123. The molecular formula is C24H17F7N2O3S. The first kappa shape index (κ1) is 28.0. The third-order valence-corrected chi connectivity index (χ3v) is 6.86. The molecule has 0 saturated heterocycles. The maximum atomic E-state index is 14.4. The Bertz CT molecular complexity index is 1460. The molecule has 3 aromatic rings. The van der Waals surface area contributed by atoms with Crippen molar-refractivity contribution in [2.45, 2.75) is 31.1 Å². The van der Waals surface area contributed by atoms with Crippen molar-refractivity contribution in [3.63, 3.8) is 0 Å². The van der Waals surface area contributed by atoms with Crippen LogP contribution < -0.4 is 0 Å². The summed E-state index contributed by atoms with van der Waals surface area (Å²) in [6.45, 7) is -0.487. The van der Waals surface area contributed by atoms with Gasteiger partial charge in [0.2, 0.25) is 10.0 Å². The predicted octanol–water partition coefficient (Wildman–Crippen LogP) is 5.65. The fourth-order valence-corrected chi connectivity index (χ4v) is 4.78. The molecule has 0 aliphatic heterocycles. The van der Waals surface area contributed by atoms with Crippen LogP contribution in [0, 0.1) is 23.3 Å². The second-order valence-corrected chi connectivity index (χ2v) is 9.70.